The van der Waals surface area contributed by atoms with Gasteiger partial charge in [0.05, 0.1) is 23.6 Å². The zero-order valence-corrected chi connectivity index (χ0v) is 21.2. The number of pyridine rings is 2. The molecule has 4 aromatic heterocycles. The monoisotopic (exact) mass is 544 g/mol. The number of hydrogen-bond acceptors (Lipinski definition) is 5. The summed E-state index contributed by atoms with van der Waals surface area (Å²) < 4.78 is 65.7. The van der Waals surface area contributed by atoms with Gasteiger partial charge in [-0.15, -0.1) is 0 Å². The second-order valence-electron chi connectivity index (χ2n) is 9.12. The molecule has 1 aromatic carbocycles. The molecule has 0 radical (unpaired) electrons. The zero-order chi connectivity index (χ0) is 27.4. The van der Waals surface area contributed by atoms with Gasteiger partial charge in [-0.3, -0.25) is 4.79 Å². The standard InChI is InChI=1S/C25H23F3N6O3S/c1-14-31-21-16(8-10-38(29,36)37)11-20(19-13-33(2)24(35)22-18(19)7-9-30-22)32-23(21)34(14)12-15-3-5-17(6-4-15)25(26,27)28/h3-7,9,11,13,30H,8,10,12H2,1-2H3,(H2,29,36,37). The van der Waals surface area contributed by atoms with Gasteiger partial charge in [-0.25, -0.2) is 23.5 Å². The lowest BCUT2D eigenvalue weighted by molar-refractivity contribution is -0.137. The lowest BCUT2D eigenvalue weighted by Gasteiger charge is -2.12. The Morgan fingerprint density at radius 2 is 1.82 bits per heavy atom. The summed E-state index contributed by atoms with van der Waals surface area (Å²) in [4.78, 5) is 24.9. The van der Waals surface area contributed by atoms with Crippen LogP contribution in [-0.2, 0) is 36.2 Å². The number of halogens is 3. The van der Waals surface area contributed by atoms with Crippen LogP contribution < -0.4 is 10.7 Å². The Bertz CT molecular complexity index is 1850. The molecule has 13 heteroatoms. The molecule has 0 bridgehead atoms. The van der Waals surface area contributed by atoms with Gasteiger partial charge in [0.1, 0.15) is 16.9 Å². The lowest BCUT2D eigenvalue weighted by atomic mass is 10.1. The molecule has 0 aliphatic rings. The van der Waals surface area contributed by atoms with Crippen LogP contribution in [0.25, 0.3) is 33.3 Å². The molecule has 0 fully saturated rings. The van der Waals surface area contributed by atoms with Gasteiger partial charge in [0, 0.05) is 30.4 Å². The summed E-state index contributed by atoms with van der Waals surface area (Å²) in [6, 6.07) is 8.33. The maximum atomic E-state index is 13.0. The van der Waals surface area contributed by atoms with Crippen molar-refractivity contribution in [3.63, 3.8) is 0 Å². The third-order valence-corrected chi connectivity index (χ3v) is 7.19. The molecule has 198 valence electrons. The molecule has 4 heterocycles. The third kappa shape index (κ3) is 4.82. The van der Waals surface area contributed by atoms with Crippen LogP contribution in [-0.4, -0.2) is 38.3 Å². The van der Waals surface area contributed by atoms with Crippen molar-refractivity contribution in [2.24, 2.45) is 12.2 Å². The molecular weight excluding hydrogens is 521 g/mol. The van der Waals surface area contributed by atoms with Crippen LogP contribution in [0.2, 0.25) is 0 Å². The Kier molecular flexibility index (Phi) is 6.15. The highest BCUT2D eigenvalue weighted by atomic mass is 32.2. The second-order valence-corrected chi connectivity index (χ2v) is 10.9. The highest BCUT2D eigenvalue weighted by molar-refractivity contribution is 7.89. The summed E-state index contributed by atoms with van der Waals surface area (Å²) in [5.74, 6) is 0.233. The Hall–Kier alpha value is -3.97. The highest BCUT2D eigenvalue weighted by Crippen LogP contribution is 2.31. The number of primary sulfonamides is 1. The van der Waals surface area contributed by atoms with E-state index in [0.29, 0.717) is 50.3 Å². The van der Waals surface area contributed by atoms with Gasteiger partial charge < -0.3 is 14.1 Å². The molecule has 3 N–H and O–H groups in total. The number of imidazole rings is 1. The maximum Gasteiger partial charge on any atom is 0.416 e. The van der Waals surface area contributed by atoms with Crippen LogP contribution >= 0.6 is 0 Å². The Labute approximate surface area is 214 Å². The van der Waals surface area contributed by atoms with E-state index < -0.39 is 21.8 Å². The minimum Gasteiger partial charge on any atom is -0.357 e. The van der Waals surface area contributed by atoms with E-state index in [1.807, 2.05) is 0 Å². The normalized spacial score (nSPS) is 12.6. The van der Waals surface area contributed by atoms with Gasteiger partial charge in [-0.2, -0.15) is 13.2 Å². The number of benzene rings is 1. The van der Waals surface area contributed by atoms with E-state index in [2.05, 4.69) is 9.97 Å². The number of H-pyrrole nitrogens is 1. The van der Waals surface area contributed by atoms with Crippen LogP contribution in [0, 0.1) is 6.92 Å². The molecule has 0 saturated heterocycles. The Balaban J connectivity index is 1.69. The quantitative estimate of drug-likeness (QED) is 0.338. The number of fused-ring (bicyclic) bond motifs is 2. The topological polar surface area (TPSA) is 129 Å². The van der Waals surface area contributed by atoms with Gasteiger partial charge in [0.2, 0.25) is 10.0 Å². The van der Waals surface area contributed by atoms with E-state index in [9.17, 15) is 26.4 Å². The van der Waals surface area contributed by atoms with Crippen molar-refractivity contribution in [3.05, 3.63) is 81.7 Å². The van der Waals surface area contributed by atoms with Crippen LogP contribution in [0.1, 0.15) is 22.5 Å². The van der Waals surface area contributed by atoms with Crippen molar-refractivity contribution < 1.29 is 21.6 Å². The van der Waals surface area contributed by atoms with Gasteiger partial charge in [-0.1, -0.05) is 12.1 Å². The molecule has 38 heavy (non-hydrogen) atoms. The number of hydrogen-bond donors (Lipinski definition) is 2. The summed E-state index contributed by atoms with van der Waals surface area (Å²) in [6.45, 7) is 1.93. The van der Waals surface area contributed by atoms with E-state index in [4.69, 9.17) is 10.1 Å². The van der Waals surface area contributed by atoms with Crippen molar-refractivity contribution >= 4 is 32.1 Å². The molecule has 0 atom stereocenters. The van der Waals surface area contributed by atoms with E-state index in [1.165, 1.54) is 16.7 Å². The lowest BCUT2D eigenvalue weighted by Crippen LogP contribution is -2.18. The molecule has 0 spiro atoms. The SMILES string of the molecule is Cc1nc2c(CCS(N)(=O)=O)cc(-c3cn(C)c(=O)c4[nH]ccc34)nc2n1Cc1ccc(C(F)(F)F)cc1. The minimum absolute atomic E-state index is 0.0730. The van der Waals surface area contributed by atoms with Gasteiger partial charge in [0.25, 0.3) is 5.56 Å². The number of rotatable bonds is 6. The molecule has 0 amide bonds. The predicted octanol–water partition coefficient (Wildman–Crippen LogP) is 3.48. The summed E-state index contributed by atoms with van der Waals surface area (Å²) in [6.07, 6.45) is -1.07. The zero-order valence-electron chi connectivity index (χ0n) is 20.4. The van der Waals surface area contributed by atoms with Crippen molar-refractivity contribution in [2.75, 3.05) is 5.75 Å². The van der Waals surface area contributed by atoms with E-state index in [1.54, 1.807) is 43.1 Å². The summed E-state index contributed by atoms with van der Waals surface area (Å²) >= 11 is 0. The number of aromatic nitrogens is 5. The van der Waals surface area contributed by atoms with Gasteiger partial charge in [-0.05, 0) is 48.7 Å². The first kappa shape index (κ1) is 25.7. The molecule has 0 unspecified atom stereocenters. The van der Waals surface area contributed by atoms with E-state index in [-0.39, 0.29) is 24.3 Å². The number of aryl methyl sites for hydroxylation is 3. The predicted molar refractivity (Wildman–Crippen MR) is 137 cm³/mol. The fourth-order valence-corrected chi connectivity index (χ4v) is 4.99. The average molecular weight is 545 g/mol. The first-order valence-electron chi connectivity index (χ1n) is 11.5. The van der Waals surface area contributed by atoms with Crippen LogP contribution in [0.3, 0.4) is 0 Å². The number of alkyl halides is 3. The smallest absolute Gasteiger partial charge is 0.357 e. The minimum atomic E-state index is -4.44. The molecule has 0 aliphatic heterocycles. The van der Waals surface area contributed by atoms with Crippen molar-refractivity contribution in [3.8, 4) is 11.3 Å². The first-order valence-corrected chi connectivity index (χ1v) is 13.2. The first-order chi connectivity index (χ1) is 17.8. The van der Waals surface area contributed by atoms with Crippen molar-refractivity contribution in [1.82, 2.24) is 24.1 Å². The van der Waals surface area contributed by atoms with Crippen molar-refractivity contribution in [2.45, 2.75) is 26.1 Å². The second kappa shape index (κ2) is 9.10. The van der Waals surface area contributed by atoms with E-state index in [0.717, 1.165) is 12.1 Å². The molecule has 0 saturated carbocycles. The molecule has 0 aliphatic carbocycles. The Morgan fingerprint density at radius 3 is 2.47 bits per heavy atom. The maximum absolute atomic E-state index is 13.0. The summed E-state index contributed by atoms with van der Waals surface area (Å²) in [5, 5.41) is 5.90. The van der Waals surface area contributed by atoms with Crippen molar-refractivity contribution in [1.29, 1.82) is 0 Å². The highest BCUT2D eigenvalue weighted by Gasteiger charge is 2.30. The average Bonchev–Trinajstić information content (AvgIpc) is 3.45. The number of nitrogens with two attached hydrogens (primary N) is 1. The van der Waals surface area contributed by atoms with Gasteiger partial charge in [0.15, 0.2) is 5.65 Å². The third-order valence-electron chi connectivity index (χ3n) is 6.42. The van der Waals surface area contributed by atoms with Crippen LogP contribution in [0.5, 0.6) is 0 Å². The number of sulfonamides is 1. The number of aromatic amines is 1. The summed E-state index contributed by atoms with van der Waals surface area (Å²) in [7, 11) is -2.16. The summed E-state index contributed by atoms with van der Waals surface area (Å²) in [5.41, 5.74) is 2.65. The van der Waals surface area contributed by atoms with Gasteiger partial charge >= 0.3 is 6.18 Å². The largest absolute Gasteiger partial charge is 0.416 e. The van der Waals surface area contributed by atoms with Crippen LogP contribution in [0.4, 0.5) is 13.2 Å². The molecular formula is C25H23F3N6O3S. The number of nitrogens with one attached hydrogen (secondary N) is 1. The molecule has 9 nitrogen and oxygen atoms in total. The fraction of sp³-hybridized carbons (Fsp3) is 0.240. The van der Waals surface area contributed by atoms with E-state index >= 15 is 0 Å². The van der Waals surface area contributed by atoms with Crippen LogP contribution in [0.15, 0.2) is 53.6 Å². The number of nitrogens with zero attached hydrogens (tertiary/aromatic N) is 4. The molecule has 5 aromatic rings. The Morgan fingerprint density at radius 1 is 1.11 bits per heavy atom. The fourth-order valence-electron chi connectivity index (χ4n) is 4.49. The molecule has 5 rings (SSSR count).